The average Bonchev–Trinajstić information content (AvgIpc) is 2.72. The first-order valence-electron chi connectivity index (χ1n) is 7.31. The molecule has 2 amide bonds. The first kappa shape index (κ1) is 15.4. The van der Waals surface area contributed by atoms with E-state index in [0.29, 0.717) is 16.4 Å². The van der Waals surface area contributed by atoms with E-state index >= 15 is 0 Å². The minimum Gasteiger partial charge on any atom is -0.363 e. The highest BCUT2D eigenvalue weighted by atomic mass is 35.5. The number of rotatable bonds is 2. The molecular weight excluding hydrogens is 323 g/mol. The van der Waals surface area contributed by atoms with Crippen LogP contribution in [0.4, 0.5) is 5.69 Å². The van der Waals surface area contributed by atoms with Crippen LogP contribution in [0.25, 0.3) is 0 Å². The summed E-state index contributed by atoms with van der Waals surface area (Å²) >= 11 is 12.1. The van der Waals surface area contributed by atoms with Crippen molar-refractivity contribution in [2.45, 2.75) is 32.2 Å². The standard InChI is InChI=1S/C16H16Cl2N2O2/c1-10-4-2-3-9-19(10)14-13(18)15(21)20(16(14)22)12-7-5-11(17)6-8-12/h5-8,10H,2-4,9H2,1H3. The summed E-state index contributed by atoms with van der Waals surface area (Å²) in [4.78, 5) is 28.2. The van der Waals surface area contributed by atoms with Crippen molar-refractivity contribution in [1.29, 1.82) is 0 Å². The second-order valence-corrected chi connectivity index (χ2v) is 6.44. The molecule has 0 spiro atoms. The third-order valence-corrected chi connectivity index (χ3v) is 4.77. The Morgan fingerprint density at radius 1 is 1.05 bits per heavy atom. The SMILES string of the molecule is CC1CCCCN1C1=C(Cl)C(=O)N(c2ccc(Cl)cc2)C1=O. The van der Waals surface area contributed by atoms with Crippen LogP contribution in [-0.2, 0) is 9.59 Å². The first-order valence-corrected chi connectivity index (χ1v) is 8.07. The van der Waals surface area contributed by atoms with E-state index in [1.165, 1.54) is 0 Å². The lowest BCUT2D eigenvalue weighted by Crippen LogP contribution is -2.41. The molecule has 0 aliphatic carbocycles. The van der Waals surface area contributed by atoms with Crippen LogP contribution in [-0.4, -0.2) is 29.3 Å². The van der Waals surface area contributed by atoms with Crippen molar-refractivity contribution in [2.75, 3.05) is 11.4 Å². The summed E-state index contributed by atoms with van der Waals surface area (Å²) in [6, 6.07) is 6.79. The van der Waals surface area contributed by atoms with Crippen molar-refractivity contribution >= 4 is 40.7 Å². The number of likely N-dealkylation sites (tertiary alicyclic amines) is 1. The quantitative estimate of drug-likeness (QED) is 0.774. The molecule has 2 aliphatic heterocycles. The molecule has 1 atom stereocenters. The maximum absolute atomic E-state index is 12.7. The molecule has 0 saturated carbocycles. The number of carbonyl (C=O) groups is 2. The number of anilines is 1. The molecule has 1 saturated heterocycles. The molecule has 1 aromatic rings. The summed E-state index contributed by atoms with van der Waals surface area (Å²) in [5, 5.41) is 0.556. The van der Waals surface area contributed by atoms with E-state index in [0.717, 1.165) is 30.7 Å². The van der Waals surface area contributed by atoms with Crippen LogP contribution in [0.5, 0.6) is 0 Å². The number of piperidine rings is 1. The largest absolute Gasteiger partial charge is 0.363 e. The third-order valence-electron chi connectivity index (χ3n) is 4.18. The molecule has 0 radical (unpaired) electrons. The average molecular weight is 339 g/mol. The second kappa shape index (κ2) is 5.94. The van der Waals surface area contributed by atoms with Gasteiger partial charge in [-0.05, 0) is 50.5 Å². The Hall–Kier alpha value is -1.52. The molecule has 2 aliphatic rings. The molecule has 0 bridgehead atoms. The zero-order valence-corrected chi connectivity index (χ0v) is 13.7. The molecule has 3 rings (SSSR count). The number of halogens is 2. The fourth-order valence-electron chi connectivity index (χ4n) is 3.00. The number of imide groups is 1. The Bertz CT molecular complexity index is 655. The lowest BCUT2D eigenvalue weighted by atomic mass is 10.0. The summed E-state index contributed by atoms with van der Waals surface area (Å²) in [6.07, 6.45) is 3.13. The van der Waals surface area contributed by atoms with Crippen LogP contribution in [0.1, 0.15) is 26.2 Å². The van der Waals surface area contributed by atoms with Crippen molar-refractivity contribution in [1.82, 2.24) is 4.90 Å². The predicted molar refractivity (Wildman–Crippen MR) is 86.8 cm³/mol. The van der Waals surface area contributed by atoms with Gasteiger partial charge in [0.15, 0.2) is 0 Å². The van der Waals surface area contributed by atoms with Gasteiger partial charge in [-0.25, -0.2) is 4.90 Å². The van der Waals surface area contributed by atoms with Crippen LogP contribution in [0.3, 0.4) is 0 Å². The summed E-state index contributed by atoms with van der Waals surface area (Å²) in [5.41, 5.74) is 0.811. The monoisotopic (exact) mass is 338 g/mol. The van der Waals surface area contributed by atoms with Crippen molar-refractivity contribution in [3.05, 3.63) is 40.0 Å². The predicted octanol–water partition coefficient (Wildman–Crippen LogP) is 3.54. The van der Waals surface area contributed by atoms with E-state index in [1.54, 1.807) is 24.3 Å². The fraction of sp³-hybridized carbons (Fsp3) is 0.375. The topological polar surface area (TPSA) is 40.6 Å². The molecule has 22 heavy (non-hydrogen) atoms. The number of carbonyl (C=O) groups excluding carboxylic acids is 2. The van der Waals surface area contributed by atoms with Crippen molar-refractivity contribution in [2.24, 2.45) is 0 Å². The van der Waals surface area contributed by atoms with Gasteiger partial charge < -0.3 is 4.90 Å². The van der Waals surface area contributed by atoms with Crippen LogP contribution in [0.2, 0.25) is 5.02 Å². The lowest BCUT2D eigenvalue weighted by molar-refractivity contribution is -0.121. The Morgan fingerprint density at radius 3 is 2.36 bits per heavy atom. The smallest absolute Gasteiger partial charge is 0.283 e. The highest BCUT2D eigenvalue weighted by molar-refractivity contribution is 6.52. The highest BCUT2D eigenvalue weighted by Crippen LogP contribution is 2.34. The van der Waals surface area contributed by atoms with E-state index in [1.807, 2.05) is 4.90 Å². The van der Waals surface area contributed by atoms with E-state index < -0.39 is 5.91 Å². The number of amides is 2. The van der Waals surface area contributed by atoms with Crippen molar-refractivity contribution in [3.8, 4) is 0 Å². The van der Waals surface area contributed by atoms with E-state index in [-0.39, 0.29) is 17.0 Å². The Kier molecular flexibility index (Phi) is 4.15. The molecule has 6 heteroatoms. The summed E-state index contributed by atoms with van der Waals surface area (Å²) in [5.74, 6) is -0.826. The van der Waals surface area contributed by atoms with Crippen molar-refractivity contribution in [3.63, 3.8) is 0 Å². The van der Waals surface area contributed by atoms with Gasteiger partial charge in [0.1, 0.15) is 10.7 Å². The maximum Gasteiger partial charge on any atom is 0.283 e. The Balaban J connectivity index is 1.94. The first-order chi connectivity index (χ1) is 10.5. The molecule has 1 fully saturated rings. The number of hydrogen-bond acceptors (Lipinski definition) is 3. The van der Waals surface area contributed by atoms with Gasteiger partial charge in [0.25, 0.3) is 11.8 Å². The van der Waals surface area contributed by atoms with Gasteiger partial charge in [-0.1, -0.05) is 23.2 Å². The Morgan fingerprint density at radius 2 is 1.73 bits per heavy atom. The van der Waals surface area contributed by atoms with Crippen LogP contribution >= 0.6 is 23.2 Å². The minimum atomic E-state index is -0.471. The molecule has 1 aromatic carbocycles. The van der Waals surface area contributed by atoms with E-state index in [2.05, 4.69) is 6.92 Å². The van der Waals surface area contributed by atoms with Crippen LogP contribution in [0, 0.1) is 0 Å². The highest BCUT2D eigenvalue weighted by Gasteiger charge is 2.42. The normalized spacial score (nSPS) is 22.8. The summed E-state index contributed by atoms with van der Waals surface area (Å²) < 4.78 is 0. The van der Waals surface area contributed by atoms with Gasteiger partial charge in [-0.15, -0.1) is 0 Å². The molecule has 0 N–H and O–H groups in total. The zero-order valence-electron chi connectivity index (χ0n) is 12.2. The lowest BCUT2D eigenvalue weighted by Gasteiger charge is -2.35. The molecule has 116 valence electrons. The molecule has 0 aromatic heterocycles. The molecule has 2 heterocycles. The molecule has 4 nitrogen and oxygen atoms in total. The van der Waals surface area contributed by atoms with Gasteiger partial charge >= 0.3 is 0 Å². The van der Waals surface area contributed by atoms with Gasteiger partial charge in [-0.2, -0.15) is 0 Å². The number of hydrogen-bond donors (Lipinski definition) is 0. The van der Waals surface area contributed by atoms with E-state index in [4.69, 9.17) is 23.2 Å². The minimum absolute atomic E-state index is 0.00806. The zero-order chi connectivity index (χ0) is 15.9. The fourth-order valence-corrected chi connectivity index (χ4v) is 3.40. The van der Waals surface area contributed by atoms with Crippen molar-refractivity contribution < 1.29 is 9.59 Å². The van der Waals surface area contributed by atoms with Gasteiger partial charge in [-0.3, -0.25) is 9.59 Å². The van der Waals surface area contributed by atoms with E-state index in [9.17, 15) is 9.59 Å². The second-order valence-electron chi connectivity index (χ2n) is 5.62. The van der Waals surface area contributed by atoms with Gasteiger partial charge in [0.2, 0.25) is 0 Å². The summed E-state index contributed by atoms with van der Waals surface area (Å²) in [6.45, 7) is 2.80. The maximum atomic E-state index is 12.7. The number of benzene rings is 1. The van der Waals surface area contributed by atoms with Crippen LogP contribution < -0.4 is 4.90 Å². The summed E-state index contributed by atoms with van der Waals surface area (Å²) in [7, 11) is 0. The van der Waals surface area contributed by atoms with Gasteiger partial charge in [0, 0.05) is 17.6 Å². The number of nitrogens with zero attached hydrogens (tertiary/aromatic N) is 2. The molecular formula is C16H16Cl2N2O2. The van der Waals surface area contributed by atoms with Gasteiger partial charge in [0.05, 0.1) is 5.69 Å². The Labute approximate surface area is 139 Å². The van der Waals surface area contributed by atoms with Crippen LogP contribution in [0.15, 0.2) is 35.0 Å². The third kappa shape index (κ3) is 2.50. The molecule has 1 unspecified atom stereocenters.